The molecule has 2 aliphatic rings. The number of benzene rings is 1. The quantitative estimate of drug-likeness (QED) is 0.612. The second-order valence-electron chi connectivity index (χ2n) is 8.45. The maximum absolute atomic E-state index is 13.0. The van der Waals surface area contributed by atoms with Crippen LogP contribution in [0, 0.1) is 0 Å². The van der Waals surface area contributed by atoms with E-state index in [4.69, 9.17) is 9.47 Å². The van der Waals surface area contributed by atoms with Gasteiger partial charge in [0, 0.05) is 57.3 Å². The van der Waals surface area contributed by atoms with Crippen LogP contribution in [0.3, 0.4) is 0 Å². The van der Waals surface area contributed by atoms with E-state index in [2.05, 4.69) is 20.3 Å². The zero-order valence-electron chi connectivity index (χ0n) is 18.9. The normalized spacial score (nSPS) is 18.9. The molecular weight excluding hydrogens is 436 g/mol. The van der Waals surface area contributed by atoms with Crippen LogP contribution in [0.5, 0.6) is 5.75 Å². The second kappa shape index (κ2) is 9.22. The number of carbonyl (C=O) groups is 2. The summed E-state index contributed by atoms with van der Waals surface area (Å²) in [6, 6.07) is 7.56. The fourth-order valence-electron chi connectivity index (χ4n) is 4.56. The molecule has 0 radical (unpaired) electrons. The van der Waals surface area contributed by atoms with Gasteiger partial charge in [-0.25, -0.2) is 9.97 Å². The lowest BCUT2D eigenvalue weighted by Crippen LogP contribution is -2.54. The molecule has 34 heavy (non-hydrogen) atoms. The van der Waals surface area contributed by atoms with E-state index >= 15 is 0 Å². The average Bonchev–Trinajstić information content (AvgIpc) is 3.38. The summed E-state index contributed by atoms with van der Waals surface area (Å²) in [5.41, 5.74) is 0.572. The van der Waals surface area contributed by atoms with E-state index in [1.54, 1.807) is 18.2 Å². The van der Waals surface area contributed by atoms with E-state index in [0.29, 0.717) is 44.7 Å². The Morgan fingerprint density at radius 2 is 1.94 bits per heavy atom. The van der Waals surface area contributed by atoms with Crippen molar-refractivity contribution in [2.75, 3.05) is 20.2 Å². The molecular formula is C24H26N6O4. The van der Waals surface area contributed by atoms with Crippen LogP contribution in [-0.2, 0) is 28.2 Å². The van der Waals surface area contributed by atoms with Crippen LogP contribution in [0.2, 0.25) is 0 Å². The van der Waals surface area contributed by atoms with Gasteiger partial charge in [0.25, 0.3) is 11.8 Å². The first-order valence-corrected chi connectivity index (χ1v) is 11.2. The molecule has 0 unspecified atom stereocenters. The summed E-state index contributed by atoms with van der Waals surface area (Å²) in [4.78, 5) is 40.2. The largest absolute Gasteiger partial charge is 0.497 e. The molecule has 1 fully saturated rings. The van der Waals surface area contributed by atoms with Gasteiger partial charge >= 0.3 is 0 Å². The minimum Gasteiger partial charge on any atom is -0.497 e. The van der Waals surface area contributed by atoms with Gasteiger partial charge in [-0.15, -0.1) is 0 Å². The fraction of sp³-hybridized carbons (Fsp3) is 0.375. The molecule has 1 atom stereocenters. The standard InChI is InChI=1S/C24H26N6O4/c1-33-18-4-2-17(3-5-18)14-28-21(31)20-16-30-13-10-27-23(30)24(34-20)6-11-29(12-7-24)22(32)19-15-25-8-9-26-19/h2-5,8-10,13,15,20H,6-7,11-12,14,16H2,1H3,(H,28,31)/t20-/m0/s1. The Morgan fingerprint density at radius 3 is 2.65 bits per heavy atom. The van der Waals surface area contributed by atoms with Crippen molar-refractivity contribution >= 4 is 11.8 Å². The van der Waals surface area contributed by atoms with Gasteiger partial charge in [-0.05, 0) is 17.7 Å². The van der Waals surface area contributed by atoms with Gasteiger partial charge < -0.3 is 24.3 Å². The van der Waals surface area contributed by atoms with Crippen LogP contribution in [0.15, 0.2) is 55.2 Å². The zero-order chi connectivity index (χ0) is 23.5. The van der Waals surface area contributed by atoms with Crippen LogP contribution in [-0.4, -0.2) is 62.5 Å². The zero-order valence-corrected chi connectivity index (χ0v) is 18.9. The second-order valence-corrected chi connectivity index (χ2v) is 8.45. The number of imidazole rings is 1. The molecule has 1 aromatic carbocycles. The van der Waals surface area contributed by atoms with E-state index in [9.17, 15) is 9.59 Å². The van der Waals surface area contributed by atoms with E-state index in [-0.39, 0.29) is 11.8 Å². The predicted molar refractivity (Wildman–Crippen MR) is 121 cm³/mol. The molecule has 2 amide bonds. The molecule has 2 aromatic heterocycles. The third-order valence-electron chi connectivity index (χ3n) is 6.41. The fourth-order valence-corrected chi connectivity index (χ4v) is 4.56. The highest BCUT2D eigenvalue weighted by Gasteiger charge is 2.47. The van der Waals surface area contributed by atoms with Gasteiger partial charge in [0.1, 0.15) is 22.9 Å². The number of fused-ring (bicyclic) bond motifs is 2. The van der Waals surface area contributed by atoms with Gasteiger partial charge in [0.2, 0.25) is 0 Å². The van der Waals surface area contributed by atoms with Crippen molar-refractivity contribution in [3.8, 4) is 5.75 Å². The number of hydrogen-bond donors (Lipinski definition) is 1. The molecule has 1 saturated heterocycles. The van der Waals surface area contributed by atoms with Crippen LogP contribution >= 0.6 is 0 Å². The number of nitrogens with one attached hydrogen (secondary N) is 1. The van der Waals surface area contributed by atoms with Crippen molar-refractivity contribution in [2.24, 2.45) is 0 Å². The minimum atomic E-state index is -0.719. The van der Waals surface area contributed by atoms with Crippen molar-refractivity contribution < 1.29 is 19.1 Å². The number of methoxy groups -OCH3 is 1. The number of nitrogens with zero attached hydrogens (tertiary/aromatic N) is 5. The van der Waals surface area contributed by atoms with E-state index in [1.807, 2.05) is 35.0 Å². The third kappa shape index (κ3) is 4.24. The Kier molecular flexibility index (Phi) is 5.97. The highest BCUT2D eigenvalue weighted by atomic mass is 16.5. The number of piperidine rings is 1. The molecule has 10 nitrogen and oxygen atoms in total. The van der Waals surface area contributed by atoms with Crippen molar-refractivity contribution in [1.29, 1.82) is 0 Å². The number of amides is 2. The molecule has 0 aliphatic carbocycles. The highest BCUT2D eigenvalue weighted by molar-refractivity contribution is 5.92. The Bertz CT molecular complexity index is 1160. The van der Waals surface area contributed by atoms with Crippen LogP contribution < -0.4 is 10.1 Å². The van der Waals surface area contributed by atoms with Gasteiger partial charge in [-0.2, -0.15) is 0 Å². The molecule has 176 valence electrons. The monoisotopic (exact) mass is 462 g/mol. The van der Waals surface area contributed by atoms with Crippen LogP contribution in [0.25, 0.3) is 0 Å². The topological polar surface area (TPSA) is 111 Å². The molecule has 5 rings (SSSR count). The number of carbonyl (C=O) groups excluding carboxylic acids is 2. The SMILES string of the molecule is COc1ccc(CNC(=O)[C@@H]2Cn3ccnc3C3(CCN(C(=O)c4cnccn4)CC3)O2)cc1. The maximum atomic E-state index is 13.0. The third-order valence-corrected chi connectivity index (χ3v) is 6.41. The maximum Gasteiger partial charge on any atom is 0.274 e. The van der Waals surface area contributed by atoms with Crippen LogP contribution in [0.1, 0.15) is 34.7 Å². The summed E-state index contributed by atoms with van der Waals surface area (Å²) in [7, 11) is 1.62. The van der Waals surface area contributed by atoms with Gasteiger partial charge in [0.05, 0.1) is 19.9 Å². The van der Waals surface area contributed by atoms with E-state index in [0.717, 1.165) is 17.1 Å². The minimum absolute atomic E-state index is 0.157. The molecule has 4 heterocycles. The average molecular weight is 463 g/mol. The number of hydrogen-bond acceptors (Lipinski definition) is 7. The molecule has 1 spiro atoms. The van der Waals surface area contributed by atoms with Gasteiger partial charge in [-0.3, -0.25) is 14.6 Å². The van der Waals surface area contributed by atoms with Crippen molar-refractivity contribution in [3.05, 3.63) is 72.3 Å². The summed E-state index contributed by atoms with van der Waals surface area (Å²) < 4.78 is 13.6. The lowest BCUT2D eigenvalue weighted by Gasteiger charge is -2.45. The Hall–Kier alpha value is -3.79. The molecule has 2 aliphatic heterocycles. The Balaban J connectivity index is 1.26. The number of ether oxygens (including phenoxy) is 2. The summed E-state index contributed by atoms with van der Waals surface area (Å²) >= 11 is 0. The van der Waals surface area contributed by atoms with Crippen molar-refractivity contribution in [3.63, 3.8) is 0 Å². The van der Waals surface area contributed by atoms with E-state index < -0.39 is 11.7 Å². The molecule has 0 bridgehead atoms. The summed E-state index contributed by atoms with van der Waals surface area (Å²) in [6.07, 6.45) is 8.56. The Labute approximate surface area is 196 Å². The lowest BCUT2D eigenvalue weighted by molar-refractivity contribution is -0.172. The van der Waals surface area contributed by atoms with Gasteiger partial charge in [-0.1, -0.05) is 12.1 Å². The van der Waals surface area contributed by atoms with Crippen LogP contribution in [0.4, 0.5) is 0 Å². The molecule has 0 saturated carbocycles. The lowest BCUT2D eigenvalue weighted by atomic mass is 9.88. The molecule has 10 heteroatoms. The first kappa shape index (κ1) is 22.0. The summed E-state index contributed by atoms with van der Waals surface area (Å²) in [6.45, 7) is 1.74. The summed E-state index contributed by atoms with van der Waals surface area (Å²) in [5.74, 6) is 1.24. The smallest absolute Gasteiger partial charge is 0.274 e. The van der Waals surface area contributed by atoms with Gasteiger partial charge in [0.15, 0.2) is 6.10 Å². The van der Waals surface area contributed by atoms with E-state index in [1.165, 1.54) is 18.6 Å². The molecule has 1 N–H and O–H groups in total. The Morgan fingerprint density at radius 1 is 1.15 bits per heavy atom. The number of likely N-dealkylation sites (tertiary alicyclic amines) is 1. The molecule has 3 aromatic rings. The predicted octanol–water partition coefficient (Wildman–Crippen LogP) is 1.53. The first-order valence-electron chi connectivity index (χ1n) is 11.2. The highest BCUT2D eigenvalue weighted by Crippen LogP contribution is 2.40. The van der Waals surface area contributed by atoms with Crippen molar-refractivity contribution in [1.82, 2.24) is 29.7 Å². The first-order chi connectivity index (χ1) is 16.6. The number of aromatic nitrogens is 4. The summed E-state index contributed by atoms with van der Waals surface area (Å²) in [5, 5.41) is 2.98. The van der Waals surface area contributed by atoms with Crippen molar-refractivity contribution in [2.45, 2.75) is 37.6 Å². The number of rotatable bonds is 5.